The first kappa shape index (κ1) is 24.6. The molecule has 1 aromatic rings. The lowest BCUT2D eigenvalue weighted by atomic mass is 10.0. The predicted molar refractivity (Wildman–Crippen MR) is 120 cm³/mol. The van der Waals surface area contributed by atoms with Crippen LogP contribution in [0.1, 0.15) is 25.5 Å². The number of hydrogen-bond donors (Lipinski definition) is 3. The Morgan fingerprint density at radius 1 is 1.18 bits per heavy atom. The van der Waals surface area contributed by atoms with E-state index in [-0.39, 0.29) is 41.7 Å². The molecule has 0 radical (unpaired) electrons. The molecule has 0 saturated carbocycles. The van der Waals surface area contributed by atoms with E-state index in [1.807, 2.05) is 19.1 Å². The number of amides is 1. The summed E-state index contributed by atoms with van der Waals surface area (Å²) >= 11 is 0. The zero-order chi connectivity index (χ0) is 19.5. The molecule has 1 amide bonds. The van der Waals surface area contributed by atoms with Crippen molar-refractivity contribution >= 4 is 35.8 Å². The van der Waals surface area contributed by atoms with E-state index >= 15 is 0 Å². The molecule has 9 heteroatoms. The molecule has 158 valence electrons. The molecule has 0 aliphatic carbocycles. The van der Waals surface area contributed by atoms with Crippen molar-refractivity contribution in [1.82, 2.24) is 20.9 Å². The Bertz CT molecular complexity index is 609. The number of morpholine rings is 1. The summed E-state index contributed by atoms with van der Waals surface area (Å²) in [7, 11) is 0. The van der Waals surface area contributed by atoms with Crippen molar-refractivity contribution in [3.8, 4) is 0 Å². The van der Waals surface area contributed by atoms with Crippen LogP contribution in [0, 0.1) is 5.82 Å². The zero-order valence-electron chi connectivity index (χ0n) is 16.5. The van der Waals surface area contributed by atoms with E-state index in [1.54, 1.807) is 0 Å². The van der Waals surface area contributed by atoms with E-state index in [4.69, 9.17) is 9.73 Å². The normalized spacial score (nSPS) is 16.0. The maximum atomic E-state index is 13.3. The maximum Gasteiger partial charge on any atom is 0.216 e. The minimum atomic E-state index is -0.240. The van der Waals surface area contributed by atoms with Gasteiger partial charge in [0.1, 0.15) is 5.82 Å². The third-order valence-corrected chi connectivity index (χ3v) is 4.30. The van der Waals surface area contributed by atoms with Crippen LogP contribution >= 0.6 is 24.0 Å². The number of rotatable bonds is 8. The molecule has 0 spiro atoms. The van der Waals surface area contributed by atoms with Gasteiger partial charge in [-0.1, -0.05) is 12.1 Å². The summed E-state index contributed by atoms with van der Waals surface area (Å²) in [5.41, 5.74) is 1.04. The molecule has 7 nitrogen and oxygen atoms in total. The Kier molecular flexibility index (Phi) is 12.0. The van der Waals surface area contributed by atoms with Crippen molar-refractivity contribution < 1.29 is 13.9 Å². The molecule has 1 unspecified atom stereocenters. The number of nitrogens with one attached hydrogen (secondary N) is 3. The van der Waals surface area contributed by atoms with Crippen molar-refractivity contribution in [3.05, 3.63) is 35.6 Å². The first-order chi connectivity index (χ1) is 13.1. The van der Waals surface area contributed by atoms with Crippen LogP contribution in [-0.4, -0.2) is 69.2 Å². The Balaban J connectivity index is 0.00000392. The highest BCUT2D eigenvalue weighted by Crippen LogP contribution is 2.22. The van der Waals surface area contributed by atoms with Crippen LogP contribution in [0.4, 0.5) is 4.39 Å². The van der Waals surface area contributed by atoms with Gasteiger partial charge in [-0.2, -0.15) is 0 Å². The monoisotopic (exact) mass is 507 g/mol. The Labute approximate surface area is 183 Å². The highest BCUT2D eigenvalue weighted by Gasteiger charge is 2.22. The van der Waals surface area contributed by atoms with Gasteiger partial charge in [-0.05, 0) is 24.6 Å². The molecular weight excluding hydrogens is 476 g/mol. The van der Waals surface area contributed by atoms with Crippen LogP contribution in [0.15, 0.2) is 29.3 Å². The van der Waals surface area contributed by atoms with Gasteiger partial charge in [-0.25, -0.2) is 4.39 Å². The van der Waals surface area contributed by atoms with Gasteiger partial charge in [0.15, 0.2) is 5.96 Å². The van der Waals surface area contributed by atoms with Crippen LogP contribution in [0.3, 0.4) is 0 Å². The average Bonchev–Trinajstić information content (AvgIpc) is 2.67. The number of hydrogen-bond acceptors (Lipinski definition) is 4. The van der Waals surface area contributed by atoms with Gasteiger partial charge in [-0.15, -0.1) is 24.0 Å². The van der Waals surface area contributed by atoms with Crippen LogP contribution in [-0.2, 0) is 9.53 Å². The first-order valence-corrected chi connectivity index (χ1v) is 9.44. The van der Waals surface area contributed by atoms with Crippen LogP contribution in [0.2, 0.25) is 0 Å². The Morgan fingerprint density at radius 3 is 2.43 bits per heavy atom. The largest absolute Gasteiger partial charge is 0.379 e. The fourth-order valence-electron chi connectivity index (χ4n) is 2.94. The molecule has 1 saturated heterocycles. The number of halogens is 2. The smallest absolute Gasteiger partial charge is 0.216 e. The van der Waals surface area contributed by atoms with Crippen LogP contribution in [0.25, 0.3) is 0 Å². The third kappa shape index (κ3) is 8.70. The van der Waals surface area contributed by atoms with Crippen molar-refractivity contribution in [2.75, 3.05) is 52.5 Å². The topological polar surface area (TPSA) is 78.0 Å². The Morgan fingerprint density at radius 2 is 1.82 bits per heavy atom. The fraction of sp³-hybridized carbons (Fsp3) is 0.579. The number of carbonyl (C=O) groups excluding carboxylic acids is 1. The molecule has 1 heterocycles. The lowest BCUT2D eigenvalue weighted by molar-refractivity contribution is -0.118. The van der Waals surface area contributed by atoms with Gasteiger partial charge in [0.05, 0.1) is 25.8 Å². The molecule has 2 rings (SSSR count). The predicted octanol–water partition coefficient (Wildman–Crippen LogP) is 1.51. The molecule has 1 aliphatic rings. The first-order valence-electron chi connectivity index (χ1n) is 9.44. The number of ether oxygens (including phenoxy) is 1. The highest BCUT2D eigenvalue weighted by molar-refractivity contribution is 14.0. The van der Waals surface area contributed by atoms with Gasteiger partial charge >= 0.3 is 0 Å². The lowest BCUT2D eigenvalue weighted by Crippen LogP contribution is -2.43. The number of nitrogens with zero attached hydrogens (tertiary/aromatic N) is 2. The van der Waals surface area contributed by atoms with Gasteiger partial charge in [-0.3, -0.25) is 14.7 Å². The highest BCUT2D eigenvalue weighted by atomic mass is 127. The van der Waals surface area contributed by atoms with E-state index < -0.39 is 0 Å². The summed E-state index contributed by atoms with van der Waals surface area (Å²) in [6, 6.07) is 6.68. The number of guanidine groups is 1. The van der Waals surface area contributed by atoms with Gasteiger partial charge in [0.2, 0.25) is 5.91 Å². The van der Waals surface area contributed by atoms with Crippen molar-refractivity contribution in [2.24, 2.45) is 4.99 Å². The SMILES string of the molecule is CCNC(=NCC(c1ccc(F)cc1)N1CCOCC1)NCCNC(C)=O.I. The fourth-order valence-corrected chi connectivity index (χ4v) is 2.94. The molecule has 0 aromatic heterocycles. The minimum Gasteiger partial charge on any atom is -0.379 e. The molecule has 1 aliphatic heterocycles. The molecule has 1 aromatic carbocycles. The van der Waals surface area contributed by atoms with Gasteiger partial charge in [0, 0.05) is 39.6 Å². The third-order valence-electron chi connectivity index (χ3n) is 4.30. The summed E-state index contributed by atoms with van der Waals surface area (Å²) in [6.45, 7) is 8.93. The zero-order valence-corrected chi connectivity index (χ0v) is 18.9. The second kappa shape index (κ2) is 13.7. The van der Waals surface area contributed by atoms with Crippen molar-refractivity contribution in [3.63, 3.8) is 0 Å². The number of benzene rings is 1. The van der Waals surface area contributed by atoms with E-state index in [9.17, 15) is 9.18 Å². The van der Waals surface area contributed by atoms with Crippen molar-refractivity contribution in [1.29, 1.82) is 0 Å². The average molecular weight is 507 g/mol. The molecule has 1 atom stereocenters. The lowest BCUT2D eigenvalue weighted by Gasteiger charge is -2.34. The van der Waals surface area contributed by atoms with E-state index in [2.05, 4.69) is 20.9 Å². The van der Waals surface area contributed by atoms with Crippen molar-refractivity contribution in [2.45, 2.75) is 19.9 Å². The number of carbonyl (C=O) groups is 1. The molecular formula is C19H31FIN5O2. The summed E-state index contributed by atoms with van der Waals surface area (Å²) in [4.78, 5) is 18.0. The summed E-state index contributed by atoms with van der Waals surface area (Å²) in [5, 5.41) is 9.18. The second-order valence-corrected chi connectivity index (χ2v) is 6.35. The second-order valence-electron chi connectivity index (χ2n) is 6.35. The summed E-state index contributed by atoms with van der Waals surface area (Å²) < 4.78 is 18.8. The standard InChI is InChI=1S/C19H30FN5O2.HI/c1-3-21-19(23-9-8-22-15(2)26)24-14-18(25-10-12-27-13-11-25)16-4-6-17(20)7-5-16;/h4-7,18H,3,8-14H2,1-2H3,(H,22,26)(H2,21,23,24);1H. The molecule has 0 bridgehead atoms. The minimum absolute atomic E-state index is 0. The quantitative estimate of drug-likeness (QED) is 0.215. The molecule has 1 fully saturated rings. The number of aliphatic imine (C=N–C) groups is 1. The summed E-state index contributed by atoms with van der Waals surface area (Å²) in [5.74, 6) is 0.404. The van der Waals surface area contributed by atoms with Crippen LogP contribution in [0.5, 0.6) is 0 Å². The van der Waals surface area contributed by atoms with Crippen LogP contribution < -0.4 is 16.0 Å². The molecule has 3 N–H and O–H groups in total. The van der Waals surface area contributed by atoms with E-state index in [1.165, 1.54) is 19.1 Å². The van der Waals surface area contributed by atoms with E-state index in [0.29, 0.717) is 38.8 Å². The van der Waals surface area contributed by atoms with E-state index in [0.717, 1.165) is 25.2 Å². The summed E-state index contributed by atoms with van der Waals surface area (Å²) in [6.07, 6.45) is 0. The molecule has 28 heavy (non-hydrogen) atoms. The van der Waals surface area contributed by atoms with Gasteiger partial charge in [0.25, 0.3) is 0 Å². The van der Waals surface area contributed by atoms with Gasteiger partial charge < -0.3 is 20.7 Å². The maximum absolute atomic E-state index is 13.3. The Hall–Kier alpha value is -1.46.